The van der Waals surface area contributed by atoms with Crippen molar-refractivity contribution >= 4 is 23.4 Å². The maximum absolute atomic E-state index is 12.9. The molecule has 2 heterocycles. The maximum Gasteiger partial charge on any atom is 0.416 e. The molecule has 1 aliphatic heterocycles. The minimum absolute atomic E-state index is 0.0880. The van der Waals surface area contributed by atoms with Crippen molar-refractivity contribution in [2.75, 3.05) is 17.7 Å². The summed E-state index contributed by atoms with van der Waals surface area (Å²) in [5.41, 5.74) is 1.10. The Labute approximate surface area is 164 Å². The van der Waals surface area contributed by atoms with Crippen LogP contribution in [-0.2, 0) is 23.8 Å². The van der Waals surface area contributed by atoms with Crippen LogP contribution < -0.4 is 10.5 Å². The van der Waals surface area contributed by atoms with Gasteiger partial charge in [0.2, 0.25) is 5.91 Å². The summed E-state index contributed by atoms with van der Waals surface area (Å²) < 4.78 is 38.8. The number of halogens is 3. The maximum atomic E-state index is 12.9. The van der Waals surface area contributed by atoms with Gasteiger partial charge in [0.15, 0.2) is 5.16 Å². The molecule has 1 N–H and O–H groups in total. The number of aromatic nitrogens is 2. The van der Waals surface area contributed by atoms with Crippen LogP contribution >= 0.6 is 11.8 Å². The van der Waals surface area contributed by atoms with Gasteiger partial charge >= 0.3 is 6.18 Å². The van der Waals surface area contributed by atoms with Gasteiger partial charge in [-0.3, -0.25) is 9.59 Å². The number of hydrogen-bond donors (Lipinski definition) is 1. The molecule has 1 aromatic carbocycles. The first kappa shape index (κ1) is 20.4. The first-order valence-corrected chi connectivity index (χ1v) is 10.1. The number of alkyl halides is 3. The topological polar surface area (TPSA) is 66.1 Å². The molecule has 0 radical (unpaired) electrons. The number of hydrogen-bond acceptors (Lipinski definition) is 4. The van der Waals surface area contributed by atoms with E-state index in [9.17, 15) is 22.8 Å². The number of nitrogens with zero attached hydrogens (tertiary/aromatic N) is 2. The summed E-state index contributed by atoms with van der Waals surface area (Å²) in [5.74, 6) is -0.214. The van der Waals surface area contributed by atoms with Crippen LogP contribution in [0.3, 0.4) is 0 Å². The normalized spacial score (nSPS) is 14.1. The van der Waals surface area contributed by atoms with E-state index in [0.717, 1.165) is 12.1 Å². The second kappa shape index (κ2) is 7.98. The van der Waals surface area contributed by atoms with Gasteiger partial charge in [-0.05, 0) is 56.2 Å². The molecule has 1 aliphatic rings. The van der Waals surface area contributed by atoms with Crippen molar-refractivity contribution in [2.24, 2.45) is 0 Å². The SMILES string of the molecule is CSc1nc(C)c(CCC(=O)N2CCCc3cc(C(F)(F)F)ccc32)c(=O)[nH]1. The Hall–Kier alpha value is -2.29. The number of aryl methyl sites for hydroxylation is 2. The summed E-state index contributed by atoms with van der Waals surface area (Å²) in [6.45, 7) is 2.18. The van der Waals surface area contributed by atoms with E-state index in [-0.39, 0.29) is 24.3 Å². The summed E-state index contributed by atoms with van der Waals surface area (Å²) in [4.78, 5) is 33.4. The van der Waals surface area contributed by atoms with Gasteiger partial charge in [0.1, 0.15) is 0 Å². The molecule has 0 unspecified atom stereocenters. The number of aromatic amines is 1. The molecule has 1 amide bonds. The van der Waals surface area contributed by atoms with E-state index in [4.69, 9.17) is 0 Å². The lowest BCUT2D eigenvalue weighted by molar-refractivity contribution is -0.137. The minimum Gasteiger partial charge on any atom is -0.312 e. The van der Waals surface area contributed by atoms with E-state index in [2.05, 4.69) is 9.97 Å². The lowest BCUT2D eigenvalue weighted by atomic mass is 9.98. The number of amides is 1. The van der Waals surface area contributed by atoms with E-state index in [0.29, 0.717) is 47.1 Å². The summed E-state index contributed by atoms with van der Waals surface area (Å²) in [5, 5.41) is 0.517. The number of thioether (sulfide) groups is 1. The minimum atomic E-state index is -4.41. The van der Waals surface area contributed by atoms with E-state index in [1.165, 1.54) is 22.7 Å². The fraction of sp³-hybridized carbons (Fsp3) is 0.421. The van der Waals surface area contributed by atoms with E-state index < -0.39 is 11.7 Å². The molecule has 0 spiro atoms. The smallest absolute Gasteiger partial charge is 0.312 e. The Morgan fingerprint density at radius 1 is 1.36 bits per heavy atom. The Bertz CT molecular complexity index is 956. The van der Waals surface area contributed by atoms with Crippen molar-refractivity contribution in [3.05, 3.63) is 50.9 Å². The van der Waals surface area contributed by atoms with E-state index >= 15 is 0 Å². The zero-order valence-electron chi connectivity index (χ0n) is 15.5. The van der Waals surface area contributed by atoms with Gasteiger partial charge in [0.25, 0.3) is 5.56 Å². The standard InChI is InChI=1S/C19H20F3N3O2S/c1-11-14(17(27)24-18(23-11)28-2)6-8-16(26)25-9-3-4-12-10-13(19(20,21)22)5-7-15(12)25/h5,7,10H,3-4,6,8-9H2,1-2H3,(H,23,24,27). The number of fused-ring (bicyclic) bond motifs is 1. The molecule has 0 atom stereocenters. The second-order valence-corrected chi connectivity index (χ2v) is 7.42. The highest BCUT2D eigenvalue weighted by Gasteiger charge is 2.32. The van der Waals surface area contributed by atoms with E-state index in [1.54, 1.807) is 13.2 Å². The number of carbonyl (C=O) groups is 1. The number of nitrogens with one attached hydrogen (secondary N) is 1. The first-order chi connectivity index (χ1) is 13.2. The molecule has 0 saturated carbocycles. The Balaban J connectivity index is 1.77. The van der Waals surface area contributed by atoms with E-state index in [1.807, 2.05) is 0 Å². The van der Waals surface area contributed by atoms with Gasteiger partial charge in [-0.1, -0.05) is 11.8 Å². The van der Waals surface area contributed by atoms with Gasteiger partial charge in [-0.25, -0.2) is 4.98 Å². The molecule has 0 bridgehead atoms. The Kier molecular flexibility index (Phi) is 5.83. The van der Waals surface area contributed by atoms with Crippen LogP contribution in [0.2, 0.25) is 0 Å². The van der Waals surface area contributed by atoms with Crippen molar-refractivity contribution in [3.8, 4) is 0 Å². The monoisotopic (exact) mass is 411 g/mol. The molecule has 3 rings (SSSR count). The van der Waals surface area contributed by atoms with Crippen molar-refractivity contribution in [1.29, 1.82) is 0 Å². The molecule has 1 aromatic heterocycles. The predicted molar refractivity (Wildman–Crippen MR) is 102 cm³/mol. The van der Waals surface area contributed by atoms with Gasteiger partial charge in [0.05, 0.1) is 5.56 Å². The van der Waals surface area contributed by atoms with Crippen molar-refractivity contribution in [2.45, 2.75) is 43.9 Å². The van der Waals surface area contributed by atoms with Gasteiger partial charge in [0, 0.05) is 29.9 Å². The lowest BCUT2D eigenvalue weighted by Crippen LogP contribution is -2.36. The molecule has 150 valence electrons. The zero-order valence-corrected chi connectivity index (χ0v) is 16.3. The van der Waals surface area contributed by atoms with Crippen LogP contribution in [0, 0.1) is 6.92 Å². The molecule has 0 fully saturated rings. The number of rotatable bonds is 4. The molecule has 0 saturated heterocycles. The third-order valence-electron chi connectivity index (χ3n) is 4.81. The third-order valence-corrected chi connectivity index (χ3v) is 5.39. The largest absolute Gasteiger partial charge is 0.416 e. The molecule has 0 aliphatic carbocycles. The fourth-order valence-electron chi connectivity index (χ4n) is 3.38. The van der Waals surface area contributed by atoms with Crippen LogP contribution in [0.15, 0.2) is 28.2 Å². The average Bonchev–Trinajstić information content (AvgIpc) is 2.65. The summed E-state index contributed by atoms with van der Waals surface area (Å²) in [6, 6.07) is 3.49. The fourth-order valence-corrected chi connectivity index (χ4v) is 3.80. The number of anilines is 1. The summed E-state index contributed by atoms with van der Waals surface area (Å²) in [7, 11) is 0. The Morgan fingerprint density at radius 2 is 2.11 bits per heavy atom. The van der Waals surface area contributed by atoms with Gasteiger partial charge in [-0.2, -0.15) is 13.2 Å². The number of H-pyrrole nitrogens is 1. The van der Waals surface area contributed by atoms with Gasteiger partial charge < -0.3 is 9.88 Å². The molecule has 28 heavy (non-hydrogen) atoms. The summed E-state index contributed by atoms with van der Waals surface area (Å²) >= 11 is 1.33. The molecular formula is C19H20F3N3O2S. The highest BCUT2D eigenvalue weighted by molar-refractivity contribution is 7.98. The zero-order chi connectivity index (χ0) is 20.5. The average molecular weight is 411 g/mol. The lowest BCUT2D eigenvalue weighted by Gasteiger charge is -2.30. The molecule has 2 aromatic rings. The third kappa shape index (κ3) is 4.24. The molecule has 9 heteroatoms. The number of carbonyl (C=O) groups excluding carboxylic acids is 1. The van der Waals surface area contributed by atoms with Crippen LogP contribution in [0.5, 0.6) is 0 Å². The van der Waals surface area contributed by atoms with Crippen molar-refractivity contribution in [1.82, 2.24) is 9.97 Å². The highest BCUT2D eigenvalue weighted by atomic mass is 32.2. The second-order valence-electron chi connectivity index (χ2n) is 6.63. The predicted octanol–water partition coefficient (Wildman–Crippen LogP) is 3.73. The molecular weight excluding hydrogens is 391 g/mol. The van der Waals surface area contributed by atoms with Crippen LogP contribution in [0.1, 0.15) is 35.2 Å². The van der Waals surface area contributed by atoms with Crippen molar-refractivity contribution in [3.63, 3.8) is 0 Å². The molecule has 5 nitrogen and oxygen atoms in total. The van der Waals surface area contributed by atoms with Crippen LogP contribution in [0.25, 0.3) is 0 Å². The number of benzene rings is 1. The first-order valence-electron chi connectivity index (χ1n) is 8.85. The van der Waals surface area contributed by atoms with Gasteiger partial charge in [-0.15, -0.1) is 0 Å². The van der Waals surface area contributed by atoms with Crippen LogP contribution in [-0.4, -0.2) is 28.7 Å². The quantitative estimate of drug-likeness (QED) is 0.615. The van der Waals surface area contributed by atoms with Crippen molar-refractivity contribution < 1.29 is 18.0 Å². The Morgan fingerprint density at radius 3 is 2.75 bits per heavy atom. The summed E-state index contributed by atoms with van der Waals surface area (Å²) in [6.07, 6.45) is -1.18. The van der Waals surface area contributed by atoms with Crippen LogP contribution in [0.4, 0.5) is 18.9 Å². The highest BCUT2D eigenvalue weighted by Crippen LogP contribution is 2.35.